The van der Waals surface area contributed by atoms with Gasteiger partial charge in [-0.3, -0.25) is 4.79 Å². The van der Waals surface area contributed by atoms with Gasteiger partial charge in [-0.05, 0) is 25.0 Å². The van der Waals surface area contributed by atoms with Gasteiger partial charge in [0.1, 0.15) is 0 Å². The molecule has 0 aromatic rings. The van der Waals surface area contributed by atoms with Gasteiger partial charge in [-0.15, -0.1) is 0 Å². The van der Waals surface area contributed by atoms with Crippen molar-refractivity contribution < 1.29 is 4.79 Å². The molecular formula is C12H23NOS. The van der Waals surface area contributed by atoms with Crippen LogP contribution in [0.25, 0.3) is 0 Å². The van der Waals surface area contributed by atoms with E-state index in [-0.39, 0.29) is 5.91 Å². The number of hydrogen-bond acceptors (Lipinski definition) is 2. The average molecular weight is 229 g/mol. The van der Waals surface area contributed by atoms with Gasteiger partial charge in [-0.1, -0.05) is 26.7 Å². The highest BCUT2D eigenvalue weighted by molar-refractivity contribution is 7.99. The summed E-state index contributed by atoms with van der Waals surface area (Å²) in [6.45, 7) is 4.32. The minimum Gasteiger partial charge on any atom is -0.352 e. The lowest BCUT2D eigenvalue weighted by atomic mass is 10.2. The predicted molar refractivity (Wildman–Crippen MR) is 67.2 cm³/mol. The molecule has 0 saturated heterocycles. The Hall–Kier alpha value is -0.180. The molecule has 0 aliphatic heterocycles. The SMILES string of the molecule is CCCCC(=O)N[C@H]1CCC[C@H]1SCC. The highest BCUT2D eigenvalue weighted by atomic mass is 32.2. The Morgan fingerprint density at radius 2 is 2.20 bits per heavy atom. The van der Waals surface area contributed by atoms with Crippen LogP contribution in [0.1, 0.15) is 52.4 Å². The molecule has 3 heteroatoms. The van der Waals surface area contributed by atoms with Crippen LogP contribution in [0.15, 0.2) is 0 Å². The molecule has 1 amide bonds. The van der Waals surface area contributed by atoms with Crippen LogP contribution in [0, 0.1) is 0 Å². The Bertz CT molecular complexity index is 196. The topological polar surface area (TPSA) is 29.1 Å². The molecule has 0 heterocycles. The van der Waals surface area contributed by atoms with Gasteiger partial charge in [0, 0.05) is 17.7 Å². The number of carbonyl (C=O) groups is 1. The molecular weight excluding hydrogens is 206 g/mol. The predicted octanol–water partition coefficient (Wildman–Crippen LogP) is 2.97. The molecule has 0 radical (unpaired) electrons. The average Bonchev–Trinajstić information content (AvgIpc) is 2.63. The third-order valence-corrected chi connectivity index (χ3v) is 4.26. The first-order valence-electron chi connectivity index (χ1n) is 6.18. The summed E-state index contributed by atoms with van der Waals surface area (Å²) in [5.41, 5.74) is 0. The van der Waals surface area contributed by atoms with E-state index in [0.29, 0.717) is 17.7 Å². The van der Waals surface area contributed by atoms with Gasteiger partial charge < -0.3 is 5.32 Å². The minimum absolute atomic E-state index is 0.255. The number of nitrogens with one attached hydrogen (secondary N) is 1. The Labute approximate surface area is 97.6 Å². The van der Waals surface area contributed by atoms with E-state index in [1.165, 1.54) is 19.3 Å². The fraction of sp³-hybridized carbons (Fsp3) is 0.917. The highest BCUT2D eigenvalue weighted by Crippen LogP contribution is 2.29. The van der Waals surface area contributed by atoms with E-state index in [0.717, 1.165) is 18.6 Å². The Morgan fingerprint density at radius 1 is 1.40 bits per heavy atom. The first-order chi connectivity index (χ1) is 7.27. The summed E-state index contributed by atoms with van der Waals surface area (Å²) in [6.07, 6.45) is 6.55. The van der Waals surface area contributed by atoms with E-state index in [2.05, 4.69) is 19.2 Å². The maximum absolute atomic E-state index is 11.6. The molecule has 88 valence electrons. The zero-order valence-electron chi connectivity index (χ0n) is 9.92. The molecule has 2 nitrogen and oxygen atoms in total. The molecule has 1 saturated carbocycles. The monoisotopic (exact) mass is 229 g/mol. The normalized spacial score (nSPS) is 25.5. The Morgan fingerprint density at radius 3 is 2.87 bits per heavy atom. The summed E-state index contributed by atoms with van der Waals surface area (Å²) in [7, 11) is 0. The lowest BCUT2D eigenvalue weighted by Gasteiger charge is -2.20. The zero-order valence-corrected chi connectivity index (χ0v) is 10.7. The van der Waals surface area contributed by atoms with Crippen LogP contribution in [-0.4, -0.2) is 23.0 Å². The number of carbonyl (C=O) groups excluding carboxylic acids is 1. The second-order valence-electron chi connectivity index (χ2n) is 4.20. The maximum atomic E-state index is 11.6. The van der Waals surface area contributed by atoms with Crippen molar-refractivity contribution in [3.8, 4) is 0 Å². The Balaban J connectivity index is 2.26. The summed E-state index contributed by atoms with van der Waals surface area (Å²) in [4.78, 5) is 11.6. The van der Waals surface area contributed by atoms with Gasteiger partial charge >= 0.3 is 0 Å². The van der Waals surface area contributed by atoms with Gasteiger partial charge in [0.2, 0.25) is 5.91 Å². The quantitative estimate of drug-likeness (QED) is 0.758. The maximum Gasteiger partial charge on any atom is 0.220 e. The number of amides is 1. The molecule has 0 aromatic heterocycles. The summed E-state index contributed by atoms with van der Waals surface area (Å²) in [5.74, 6) is 1.41. The summed E-state index contributed by atoms with van der Waals surface area (Å²) >= 11 is 2.00. The number of thioether (sulfide) groups is 1. The molecule has 1 fully saturated rings. The molecule has 0 spiro atoms. The molecule has 1 aliphatic carbocycles. The first kappa shape index (κ1) is 12.9. The molecule has 0 aromatic carbocycles. The van der Waals surface area contributed by atoms with E-state index in [4.69, 9.17) is 0 Å². The molecule has 1 N–H and O–H groups in total. The van der Waals surface area contributed by atoms with Crippen molar-refractivity contribution in [2.45, 2.75) is 63.7 Å². The highest BCUT2D eigenvalue weighted by Gasteiger charge is 2.27. The largest absolute Gasteiger partial charge is 0.352 e. The molecule has 1 aliphatic rings. The second kappa shape index (κ2) is 7.15. The van der Waals surface area contributed by atoms with Crippen molar-refractivity contribution >= 4 is 17.7 Å². The molecule has 0 unspecified atom stereocenters. The molecule has 2 atom stereocenters. The first-order valence-corrected chi connectivity index (χ1v) is 7.23. The number of hydrogen-bond donors (Lipinski definition) is 1. The van der Waals surface area contributed by atoms with Crippen molar-refractivity contribution in [3.63, 3.8) is 0 Å². The number of rotatable bonds is 6. The van der Waals surface area contributed by atoms with Crippen molar-refractivity contribution in [2.75, 3.05) is 5.75 Å². The molecule has 0 bridgehead atoms. The smallest absolute Gasteiger partial charge is 0.220 e. The zero-order chi connectivity index (χ0) is 11.1. The van der Waals surface area contributed by atoms with Gasteiger partial charge in [-0.25, -0.2) is 0 Å². The van der Waals surface area contributed by atoms with Crippen LogP contribution in [0.2, 0.25) is 0 Å². The van der Waals surface area contributed by atoms with Gasteiger partial charge in [0.15, 0.2) is 0 Å². The summed E-state index contributed by atoms with van der Waals surface area (Å²) in [5, 5.41) is 3.86. The standard InChI is InChI=1S/C12H23NOS/c1-3-5-9-12(14)13-10-7-6-8-11(10)15-4-2/h10-11H,3-9H2,1-2H3,(H,13,14)/t10-,11+/m0/s1. The van der Waals surface area contributed by atoms with Crippen molar-refractivity contribution in [3.05, 3.63) is 0 Å². The summed E-state index contributed by atoms with van der Waals surface area (Å²) in [6, 6.07) is 0.444. The van der Waals surface area contributed by atoms with Crippen molar-refractivity contribution in [1.82, 2.24) is 5.32 Å². The van der Waals surface area contributed by atoms with Gasteiger partial charge in [-0.2, -0.15) is 11.8 Å². The van der Waals surface area contributed by atoms with Crippen molar-refractivity contribution in [2.24, 2.45) is 0 Å². The minimum atomic E-state index is 0.255. The summed E-state index contributed by atoms with van der Waals surface area (Å²) < 4.78 is 0. The lowest BCUT2D eigenvalue weighted by Crippen LogP contribution is -2.38. The third-order valence-electron chi connectivity index (χ3n) is 2.94. The second-order valence-corrected chi connectivity index (χ2v) is 5.72. The van der Waals surface area contributed by atoms with Crippen LogP contribution in [0.5, 0.6) is 0 Å². The van der Waals surface area contributed by atoms with Crippen LogP contribution in [0.4, 0.5) is 0 Å². The fourth-order valence-electron chi connectivity index (χ4n) is 2.12. The molecule has 1 rings (SSSR count). The van der Waals surface area contributed by atoms with E-state index in [1.807, 2.05) is 11.8 Å². The van der Waals surface area contributed by atoms with Gasteiger partial charge in [0.25, 0.3) is 0 Å². The van der Waals surface area contributed by atoms with Crippen LogP contribution in [-0.2, 0) is 4.79 Å². The van der Waals surface area contributed by atoms with E-state index >= 15 is 0 Å². The number of unbranched alkanes of at least 4 members (excludes halogenated alkanes) is 1. The lowest BCUT2D eigenvalue weighted by molar-refractivity contribution is -0.121. The van der Waals surface area contributed by atoms with E-state index in [1.54, 1.807) is 0 Å². The fourth-order valence-corrected chi connectivity index (χ4v) is 3.32. The van der Waals surface area contributed by atoms with Crippen LogP contribution in [0.3, 0.4) is 0 Å². The van der Waals surface area contributed by atoms with E-state index in [9.17, 15) is 4.79 Å². The Kier molecular flexibility index (Phi) is 6.15. The van der Waals surface area contributed by atoms with Crippen molar-refractivity contribution in [1.29, 1.82) is 0 Å². The van der Waals surface area contributed by atoms with Gasteiger partial charge in [0.05, 0.1) is 0 Å². The molecule has 15 heavy (non-hydrogen) atoms. The van der Waals surface area contributed by atoms with Crippen LogP contribution >= 0.6 is 11.8 Å². The third kappa shape index (κ3) is 4.45. The van der Waals surface area contributed by atoms with Crippen LogP contribution < -0.4 is 5.32 Å². The van der Waals surface area contributed by atoms with E-state index < -0.39 is 0 Å².